The van der Waals surface area contributed by atoms with Crippen molar-refractivity contribution in [2.75, 3.05) is 31.1 Å². The number of anilines is 1. The number of nitrogens with zero attached hydrogens (tertiary/aromatic N) is 6. The zero-order valence-corrected chi connectivity index (χ0v) is 16.0. The Balaban J connectivity index is 1.48. The van der Waals surface area contributed by atoms with E-state index < -0.39 is 0 Å². The molecule has 0 bridgehead atoms. The van der Waals surface area contributed by atoms with Crippen molar-refractivity contribution in [3.05, 3.63) is 10.9 Å². The molecule has 7 heteroatoms. The number of aryl methyl sites for hydroxylation is 1. The molecule has 2 fully saturated rings. The van der Waals surface area contributed by atoms with Crippen LogP contribution in [0.1, 0.15) is 32.6 Å². The fraction of sp³-hybridized carbons (Fsp3) is 0.706. The van der Waals surface area contributed by atoms with Gasteiger partial charge in [0.1, 0.15) is 16.7 Å². The van der Waals surface area contributed by atoms with Gasteiger partial charge >= 0.3 is 0 Å². The first kappa shape index (κ1) is 16.3. The van der Waals surface area contributed by atoms with E-state index in [-0.39, 0.29) is 0 Å². The van der Waals surface area contributed by atoms with E-state index in [0.29, 0.717) is 0 Å². The van der Waals surface area contributed by atoms with Crippen molar-refractivity contribution >= 4 is 32.8 Å². The molecule has 2 aromatic heterocycles. The number of fused-ring (bicyclic) bond motifs is 1. The van der Waals surface area contributed by atoms with Crippen molar-refractivity contribution in [2.45, 2.75) is 38.6 Å². The second kappa shape index (κ2) is 6.59. The molecular weight excluding hydrogens is 368 g/mol. The average molecular weight is 393 g/mol. The van der Waals surface area contributed by atoms with Gasteiger partial charge in [-0.25, -0.2) is 14.6 Å². The Hall–Kier alpha value is -1.21. The lowest BCUT2D eigenvalue weighted by Crippen LogP contribution is -2.51. The van der Waals surface area contributed by atoms with Crippen LogP contribution < -0.4 is 4.90 Å². The van der Waals surface area contributed by atoms with Gasteiger partial charge in [0, 0.05) is 39.3 Å². The molecule has 1 aliphatic heterocycles. The molecule has 0 N–H and O–H groups in total. The van der Waals surface area contributed by atoms with E-state index in [2.05, 4.69) is 47.7 Å². The predicted octanol–water partition coefficient (Wildman–Crippen LogP) is 2.83. The van der Waals surface area contributed by atoms with Crippen molar-refractivity contribution in [1.82, 2.24) is 24.6 Å². The number of piperazine rings is 1. The Morgan fingerprint density at radius 2 is 1.75 bits per heavy atom. The van der Waals surface area contributed by atoms with Crippen LogP contribution in [0.2, 0.25) is 0 Å². The van der Waals surface area contributed by atoms with Crippen molar-refractivity contribution < 1.29 is 0 Å². The quantitative estimate of drug-likeness (QED) is 0.786. The maximum Gasteiger partial charge on any atom is 0.164 e. The van der Waals surface area contributed by atoms with Crippen LogP contribution in [0.5, 0.6) is 0 Å². The van der Waals surface area contributed by atoms with Crippen LogP contribution in [-0.4, -0.2) is 56.9 Å². The summed E-state index contributed by atoms with van der Waals surface area (Å²) in [6.07, 6.45) is 7.17. The van der Waals surface area contributed by atoms with Crippen LogP contribution in [0, 0.1) is 5.92 Å². The highest BCUT2D eigenvalue weighted by Gasteiger charge is 2.28. The van der Waals surface area contributed by atoms with Crippen molar-refractivity contribution in [3.8, 4) is 0 Å². The zero-order valence-electron chi connectivity index (χ0n) is 14.5. The lowest BCUT2D eigenvalue weighted by atomic mass is 9.86. The molecule has 2 aromatic rings. The third kappa shape index (κ3) is 2.92. The highest BCUT2D eigenvalue weighted by molar-refractivity contribution is 9.10. The Morgan fingerprint density at radius 1 is 1.04 bits per heavy atom. The van der Waals surface area contributed by atoms with E-state index in [0.717, 1.165) is 59.6 Å². The smallest absolute Gasteiger partial charge is 0.164 e. The molecule has 0 unspecified atom stereocenters. The van der Waals surface area contributed by atoms with Gasteiger partial charge in [-0.3, -0.25) is 4.90 Å². The molecule has 130 valence electrons. The summed E-state index contributed by atoms with van der Waals surface area (Å²) in [5, 5.41) is 5.46. The van der Waals surface area contributed by atoms with Gasteiger partial charge in [-0.2, -0.15) is 5.10 Å². The number of hydrogen-bond acceptors (Lipinski definition) is 5. The summed E-state index contributed by atoms with van der Waals surface area (Å²) in [7, 11) is 1.92. The minimum absolute atomic E-state index is 0.791. The normalized spacial score (nSPS) is 26.2. The maximum atomic E-state index is 4.57. The molecule has 3 heterocycles. The van der Waals surface area contributed by atoms with E-state index in [1.165, 1.54) is 25.7 Å². The summed E-state index contributed by atoms with van der Waals surface area (Å²) in [6.45, 7) is 6.70. The molecule has 2 aliphatic rings. The molecule has 6 nitrogen and oxygen atoms in total. The van der Waals surface area contributed by atoms with Crippen LogP contribution in [0.4, 0.5) is 5.82 Å². The first-order valence-electron chi connectivity index (χ1n) is 8.95. The molecule has 24 heavy (non-hydrogen) atoms. The van der Waals surface area contributed by atoms with Crippen LogP contribution >= 0.6 is 15.9 Å². The van der Waals surface area contributed by atoms with Crippen LogP contribution in [-0.2, 0) is 7.05 Å². The van der Waals surface area contributed by atoms with Crippen molar-refractivity contribution in [1.29, 1.82) is 0 Å². The molecule has 0 spiro atoms. The molecule has 0 aromatic carbocycles. The summed E-state index contributed by atoms with van der Waals surface area (Å²) >= 11 is 3.57. The molecule has 0 amide bonds. The number of rotatable bonds is 2. The highest BCUT2D eigenvalue weighted by atomic mass is 79.9. The van der Waals surface area contributed by atoms with Gasteiger partial charge in [0.05, 0.1) is 5.39 Å². The van der Waals surface area contributed by atoms with E-state index in [1.807, 2.05) is 11.7 Å². The minimum atomic E-state index is 0.791. The molecule has 1 saturated heterocycles. The second-order valence-electron chi connectivity index (χ2n) is 7.25. The fourth-order valence-electron chi connectivity index (χ4n) is 4.17. The molecule has 0 atom stereocenters. The Labute approximate surface area is 151 Å². The second-order valence-corrected chi connectivity index (χ2v) is 8.00. The first-order chi connectivity index (χ1) is 11.6. The molecule has 0 radical (unpaired) electrons. The first-order valence-corrected chi connectivity index (χ1v) is 9.75. The molecular formula is C17H25BrN6. The van der Waals surface area contributed by atoms with E-state index in [4.69, 9.17) is 0 Å². The van der Waals surface area contributed by atoms with Gasteiger partial charge in [-0.05, 0) is 47.5 Å². The van der Waals surface area contributed by atoms with Gasteiger partial charge in [0.25, 0.3) is 0 Å². The maximum absolute atomic E-state index is 4.57. The highest BCUT2D eigenvalue weighted by Crippen LogP contribution is 2.31. The predicted molar refractivity (Wildman–Crippen MR) is 99.2 cm³/mol. The van der Waals surface area contributed by atoms with E-state index in [1.54, 1.807) is 6.33 Å². The Kier molecular flexibility index (Phi) is 4.47. The molecule has 1 aliphatic carbocycles. The van der Waals surface area contributed by atoms with Crippen LogP contribution in [0.25, 0.3) is 11.0 Å². The van der Waals surface area contributed by atoms with Gasteiger partial charge in [-0.1, -0.05) is 6.92 Å². The zero-order chi connectivity index (χ0) is 16.7. The van der Waals surface area contributed by atoms with Crippen molar-refractivity contribution in [3.63, 3.8) is 0 Å². The van der Waals surface area contributed by atoms with E-state index in [9.17, 15) is 0 Å². The topological polar surface area (TPSA) is 50.1 Å². The Morgan fingerprint density at radius 3 is 2.46 bits per heavy atom. The lowest BCUT2D eigenvalue weighted by molar-refractivity contribution is 0.132. The summed E-state index contributed by atoms with van der Waals surface area (Å²) in [5.41, 5.74) is 0.885. The summed E-state index contributed by atoms with van der Waals surface area (Å²) < 4.78 is 2.64. The van der Waals surface area contributed by atoms with Gasteiger partial charge in [0.15, 0.2) is 5.65 Å². The third-order valence-electron chi connectivity index (χ3n) is 5.67. The third-order valence-corrected chi connectivity index (χ3v) is 6.23. The fourth-order valence-corrected chi connectivity index (χ4v) is 4.77. The van der Waals surface area contributed by atoms with Crippen molar-refractivity contribution in [2.24, 2.45) is 13.0 Å². The molecule has 1 saturated carbocycles. The Bertz CT molecular complexity index is 713. The monoisotopic (exact) mass is 392 g/mol. The van der Waals surface area contributed by atoms with E-state index >= 15 is 0 Å². The largest absolute Gasteiger partial charge is 0.353 e. The van der Waals surface area contributed by atoms with Crippen LogP contribution in [0.15, 0.2) is 10.9 Å². The summed E-state index contributed by atoms with van der Waals surface area (Å²) in [6, 6.07) is 0.791. The van der Waals surface area contributed by atoms with Gasteiger partial charge < -0.3 is 4.90 Å². The van der Waals surface area contributed by atoms with Gasteiger partial charge in [-0.15, -0.1) is 0 Å². The van der Waals surface area contributed by atoms with Crippen LogP contribution in [0.3, 0.4) is 0 Å². The number of aromatic nitrogens is 4. The SMILES string of the molecule is CC1CCC(N2CCN(c3ncnc4c3c(Br)nn4C)CC2)CC1. The summed E-state index contributed by atoms with van der Waals surface area (Å²) in [5.74, 6) is 1.93. The van der Waals surface area contributed by atoms with Gasteiger partial charge in [0.2, 0.25) is 0 Å². The number of halogens is 1. The minimum Gasteiger partial charge on any atom is -0.353 e. The standard InChI is InChI=1S/C17H25BrN6/c1-12-3-5-13(6-4-12)23-7-9-24(10-8-23)17-14-15(18)21-22(2)16(14)19-11-20-17/h11-13H,3-10H2,1-2H3. The summed E-state index contributed by atoms with van der Waals surface area (Å²) in [4.78, 5) is 14.0. The molecule has 4 rings (SSSR count). The average Bonchev–Trinajstić information content (AvgIpc) is 2.90. The number of hydrogen-bond donors (Lipinski definition) is 0. The lowest BCUT2D eigenvalue weighted by Gasteiger charge is -2.42.